The average Bonchev–Trinajstić information content (AvgIpc) is 3.21. The summed E-state index contributed by atoms with van der Waals surface area (Å²) in [5.74, 6) is -3.64. The van der Waals surface area contributed by atoms with Crippen LogP contribution >= 0.6 is 0 Å². The Morgan fingerprint density at radius 1 is 0.418 bits per heavy atom. The number of rotatable bonds is 15. The van der Waals surface area contributed by atoms with Gasteiger partial charge in [-0.2, -0.15) is 0 Å². The summed E-state index contributed by atoms with van der Waals surface area (Å²) in [6, 6.07) is -5.80. The number of hydrogen-bond donors (Lipinski definition) is 6. The molecule has 452 valence electrons. The quantitative estimate of drug-likeness (QED) is 0.100. The Bertz CT molecular complexity index is 2140. The second-order valence-electron chi connectivity index (χ2n) is 24.1. The Morgan fingerprint density at radius 2 is 0.772 bits per heavy atom. The van der Waals surface area contributed by atoms with E-state index in [1.807, 2.05) is 0 Å². The van der Waals surface area contributed by atoms with Crippen molar-refractivity contribution in [3.63, 3.8) is 0 Å². The molecule has 0 aromatic carbocycles. The van der Waals surface area contributed by atoms with Gasteiger partial charge in [-0.05, 0) is 110 Å². The largest absolute Gasteiger partial charge is 0.460 e. The number of ether oxygens (including phenoxy) is 13. The van der Waals surface area contributed by atoms with Crippen molar-refractivity contribution in [3.05, 3.63) is 0 Å². The lowest BCUT2D eigenvalue weighted by Gasteiger charge is -2.51. The van der Waals surface area contributed by atoms with Crippen LogP contribution < -0.4 is 26.6 Å². The van der Waals surface area contributed by atoms with Gasteiger partial charge in [-0.25, -0.2) is 24.0 Å². The predicted octanol–water partition coefficient (Wildman–Crippen LogP) is 3.82. The summed E-state index contributed by atoms with van der Waals surface area (Å²) >= 11 is 0. The molecule has 14 atom stereocenters. The lowest BCUT2D eigenvalue weighted by Crippen LogP contribution is -2.71. The molecular weight excluding hydrogens is 1050 g/mol. The van der Waals surface area contributed by atoms with E-state index >= 15 is 0 Å². The Morgan fingerprint density at radius 3 is 1.18 bits per heavy atom. The van der Waals surface area contributed by atoms with Gasteiger partial charge in [0.15, 0.2) is 30.9 Å². The van der Waals surface area contributed by atoms with Crippen LogP contribution in [0.1, 0.15) is 144 Å². The number of aliphatic hydroxyl groups excluding tert-OH is 1. The van der Waals surface area contributed by atoms with E-state index in [0.717, 1.165) is 27.7 Å². The monoisotopic (exact) mass is 1140 g/mol. The van der Waals surface area contributed by atoms with Crippen LogP contribution in [-0.2, 0) is 80.8 Å². The molecule has 5 amide bonds. The Kier molecular flexibility index (Phi) is 23.4. The van der Waals surface area contributed by atoms with Crippen LogP contribution in [0, 0.1) is 0 Å². The predicted molar refractivity (Wildman–Crippen MR) is 272 cm³/mol. The van der Waals surface area contributed by atoms with Crippen molar-refractivity contribution in [3.8, 4) is 0 Å². The summed E-state index contributed by atoms with van der Waals surface area (Å²) in [6.07, 6.45) is -22.2. The first-order valence-corrected chi connectivity index (χ1v) is 25.9. The molecule has 6 N–H and O–H groups in total. The van der Waals surface area contributed by atoms with Crippen LogP contribution in [0.25, 0.3) is 0 Å². The summed E-state index contributed by atoms with van der Waals surface area (Å²) < 4.78 is 77.1. The third-order valence-corrected chi connectivity index (χ3v) is 10.8. The van der Waals surface area contributed by atoms with Crippen molar-refractivity contribution < 1.29 is 110 Å². The van der Waals surface area contributed by atoms with Gasteiger partial charge in [-0.15, -0.1) is 0 Å². The standard InChI is InChI=1S/C51H85N5O23/c1-24(58)67-31-21-30(55-45(65)78-50(14,15)16)40(71-32(31)22-52-42(62)75-47(5,6)7)73-35-28(53-43(63)76-48(8,9)10)20-29(54-44(64)77-49(11,12)13)36(39(35)70-27(4)61)74-41-38(69-26(3)60)34(56-46(66)79-51(17,18)19)37(68-25(2)59)33(23-57)72-41/h28-41,57H,20-23H2,1-19H3,(H,52,62)(H,53,63)(H,54,64)(H,55,65)(H,56,66)/t28-,29+,30+,31-,32+,33+,34-,35+,36-,37+,38+,39-,40+,41+/m0/s1. The summed E-state index contributed by atoms with van der Waals surface area (Å²) in [6.45, 7) is 26.9. The zero-order chi connectivity index (χ0) is 60.3. The molecular formula is C51H85N5O23. The minimum atomic E-state index is -1.95. The van der Waals surface area contributed by atoms with E-state index in [2.05, 4.69) is 26.6 Å². The molecule has 3 fully saturated rings. The summed E-state index contributed by atoms with van der Waals surface area (Å²) in [4.78, 5) is 120. The van der Waals surface area contributed by atoms with Gasteiger partial charge in [0.2, 0.25) is 0 Å². The summed E-state index contributed by atoms with van der Waals surface area (Å²) in [5, 5.41) is 24.0. The van der Waals surface area contributed by atoms with E-state index in [1.165, 1.54) is 0 Å². The number of carbonyl (C=O) groups excluding carboxylic acids is 9. The maximum absolute atomic E-state index is 13.9. The lowest BCUT2D eigenvalue weighted by molar-refractivity contribution is -0.321. The van der Waals surface area contributed by atoms with Crippen molar-refractivity contribution in [2.75, 3.05) is 13.2 Å². The molecule has 0 spiro atoms. The molecule has 0 aromatic rings. The molecule has 3 aliphatic rings. The summed E-state index contributed by atoms with van der Waals surface area (Å²) in [7, 11) is 0. The highest BCUT2D eigenvalue weighted by atomic mass is 16.7. The molecule has 1 saturated carbocycles. The van der Waals surface area contributed by atoms with Gasteiger partial charge in [0.1, 0.15) is 64.6 Å². The molecule has 0 radical (unpaired) electrons. The number of esters is 4. The van der Waals surface area contributed by atoms with Crippen LogP contribution in [0.15, 0.2) is 0 Å². The average molecular weight is 1140 g/mol. The molecule has 28 nitrogen and oxygen atoms in total. The molecule has 0 bridgehead atoms. The summed E-state index contributed by atoms with van der Waals surface area (Å²) in [5.41, 5.74) is -5.27. The van der Waals surface area contributed by atoms with Crippen molar-refractivity contribution in [2.45, 2.75) is 258 Å². The second kappa shape index (κ2) is 27.5. The highest BCUT2D eigenvalue weighted by molar-refractivity contribution is 5.72. The zero-order valence-corrected chi connectivity index (χ0v) is 48.8. The lowest BCUT2D eigenvalue weighted by atomic mass is 9.82. The first-order chi connectivity index (χ1) is 36.0. The third-order valence-electron chi connectivity index (χ3n) is 10.8. The van der Waals surface area contributed by atoms with E-state index in [9.17, 15) is 48.3 Å². The Balaban J connectivity index is 2.42. The SMILES string of the molecule is CC(=O)O[C@@H]1[C@@H](O[C@H]2O[C@H](CO)[C@@H](OC(C)=O)[C@H](NC(=O)OC(C)(C)C)[C@H]2OC(C)=O)[C@H](NC(=O)OC(C)(C)C)C[C@H](NC(=O)OC(C)(C)C)[C@H]1O[C@H]1O[C@H](CNC(=O)OC(C)(C)C)[C@@H](OC(C)=O)C[C@H]1NC(=O)OC(C)(C)C. The van der Waals surface area contributed by atoms with Crippen molar-refractivity contribution in [1.82, 2.24) is 26.6 Å². The normalized spacial score (nSPS) is 28.5. The number of hydrogen-bond acceptors (Lipinski definition) is 23. The van der Waals surface area contributed by atoms with E-state index in [1.54, 1.807) is 104 Å². The molecule has 0 unspecified atom stereocenters. The molecule has 1 aliphatic carbocycles. The van der Waals surface area contributed by atoms with Gasteiger partial charge >= 0.3 is 54.3 Å². The number of amides is 5. The fourth-order valence-electron chi connectivity index (χ4n) is 8.40. The first-order valence-electron chi connectivity index (χ1n) is 25.9. The highest BCUT2D eigenvalue weighted by Gasteiger charge is 2.57. The van der Waals surface area contributed by atoms with Gasteiger partial charge in [0, 0.05) is 34.1 Å². The fraction of sp³-hybridized carbons (Fsp3) is 0.824. The van der Waals surface area contributed by atoms with Crippen LogP contribution in [0.4, 0.5) is 24.0 Å². The maximum Gasteiger partial charge on any atom is 0.408 e. The maximum atomic E-state index is 13.9. The van der Waals surface area contributed by atoms with Gasteiger partial charge in [0.25, 0.3) is 0 Å². The van der Waals surface area contributed by atoms with E-state index < -0.39 is 181 Å². The molecule has 28 heteroatoms. The van der Waals surface area contributed by atoms with E-state index in [-0.39, 0.29) is 13.0 Å². The minimum Gasteiger partial charge on any atom is -0.460 e. The van der Waals surface area contributed by atoms with E-state index in [0.29, 0.717) is 0 Å². The zero-order valence-electron chi connectivity index (χ0n) is 48.8. The number of carbonyl (C=O) groups is 9. The van der Waals surface area contributed by atoms with Crippen LogP contribution in [0.3, 0.4) is 0 Å². The van der Waals surface area contributed by atoms with Crippen LogP contribution in [0.5, 0.6) is 0 Å². The van der Waals surface area contributed by atoms with Crippen molar-refractivity contribution in [2.24, 2.45) is 0 Å². The molecule has 2 aliphatic heterocycles. The van der Waals surface area contributed by atoms with E-state index in [4.69, 9.17) is 61.6 Å². The molecule has 0 aromatic heterocycles. The van der Waals surface area contributed by atoms with Gasteiger partial charge < -0.3 is 93.3 Å². The third kappa shape index (κ3) is 23.7. The molecule has 2 heterocycles. The van der Waals surface area contributed by atoms with Gasteiger partial charge in [-0.3, -0.25) is 19.2 Å². The van der Waals surface area contributed by atoms with Gasteiger partial charge in [0.05, 0.1) is 31.3 Å². The van der Waals surface area contributed by atoms with Crippen LogP contribution in [0.2, 0.25) is 0 Å². The highest BCUT2D eigenvalue weighted by Crippen LogP contribution is 2.37. The fourth-order valence-corrected chi connectivity index (χ4v) is 8.40. The number of aliphatic hydroxyl groups is 1. The number of alkyl carbamates (subject to hydrolysis) is 5. The minimum absolute atomic E-state index is 0.278. The molecule has 79 heavy (non-hydrogen) atoms. The Hall–Kier alpha value is -5.97. The van der Waals surface area contributed by atoms with Gasteiger partial charge in [-0.1, -0.05) is 0 Å². The molecule has 2 saturated heterocycles. The smallest absolute Gasteiger partial charge is 0.408 e. The van der Waals surface area contributed by atoms with Crippen molar-refractivity contribution >= 4 is 54.3 Å². The topological polar surface area (TPSA) is 354 Å². The first kappa shape index (κ1) is 67.3. The second-order valence-corrected chi connectivity index (χ2v) is 24.1. The van der Waals surface area contributed by atoms with Crippen molar-refractivity contribution in [1.29, 1.82) is 0 Å². The Labute approximate surface area is 460 Å². The number of nitrogens with one attached hydrogen (secondary N) is 5. The molecule has 3 rings (SSSR count). The van der Waals surface area contributed by atoms with Crippen LogP contribution in [-0.4, -0.2) is 186 Å².